The van der Waals surface area contributed by atoms with Gasteiger partial charge in [0.15, 0.2) is 0 Å². The smallest absolute Gasteiger partial charge is 0.251 e. The Bertz CT molecular complexity index is 867. The molecule has 1 saturated heterocycles. The van der Waals surface area contributed by atoms with E-state index in [-0.39, 0.29) is 17.6 Å². The highest BCUT2D eigenvalue weighted by Gasteiger charge is 2.53. The van der Waals surface area contributed by atoms with E-state index in [1.807, 2.05) is 25.2 Å². The summed E-state index contributed by atoms with van der Waals surface area (Å²) >= 11 is 0. The molecule has 1 spiro atoms. The summed E-state index contributed by atoms with van der Waals surface area (Å²) in [5.74, 6) is 0.867. The number of aromatic nitrogens is 1. The van der Waals surface area contributed by atoms with E-state index in [9.17, 15) is 4.79 Å². The van der Waals surface area contributed by atoms with Crippen molar-refractivity contribution in [3.63, 3.8) is 0 Å². The molecule has 2 aromatic rings. The molecule has 5 rings (SSSR count). The molecule has 1 aliphatic carbocycles. The maximum Gasteiger partial charge on any atom is 0.251 e. The second kappa shape index (κ2) is 6.98. The van der Waals surface area contributed by atoms with Gasteiger partial charge in [-0.2, -0.15) is 0 Å². The summed E-state index contributed by atoms with van der Waals surface area (Å²) in [5, 5.41) is 0. The van der Waals surface area contributed by atoms with Crippen LogP contribution >= 0.6 is 0 Å². The Morgan fingerprint density at radius 3 is 2.86 bits per heavy atom. The molecule has 28 heavy (non-hydrogen) atoms. The zero-order valence-corrected chi connectivity index (χ0v) is 16.4. The van der Waals surface area contributed by atoms with Crippen LogP contribution in [0.4, 0.5) is 0 Å². The standard InChI is InChI=1S/C23H27N3O2/c1-25(15-19-7-4-5-11-24-19)22(27)21-12-23(16-28-21)20-8-3-2-6-18(20)14-26(23)13-17-9-10-17/h2-8,11,17,21H,9-10,12-16H2,1H3. The molecule has 3 heterocycles. The molecule has 1 aromatic heterocycles. The normalized spacial score (nSPS) is 26.5. The van der Waals surface area contributed by atoms with E-state index in [4.69, 9.17) is 4.74 Å². The highest BCUT2D eigenvalue weighted by atomic mass is 16.5. The number of amides is 1. The second-order valence-corrected chi connectivity index (χ2v) is 8.53. The molecular formula is C23H27N3O2. The van der Waals surface area contributed by atoms with Gasteiger partial charge in [0.05, 0.1) is 24.4 Å². The van der Waals surface area contributed by atoms with Gasteiger partial charge in [-0.3, -0.25) is 14.7 Å². The molecule has 2 atom stereocenters. The predicted molar refractivity (Wildman–Crippen MR) is 106 cm³/mol. The van der Waals surface area contributed by atoms with Gasteiger partial charge >= 0.3 is 0 Å². The zero-order chi connectivity index (χ0) is 19.1. The van der Waals surface area contributed by atoms with Crippen LogP contribution in [0.25, 0.3) is 0 Å². The highest BCUT2D eigenvalue weighted by molar-refractivity contribution is 5.81. The molecule has 2 fully saturated rings. The minimum absolute atomic E-state index is 0.0540. The summed E-state index contributed by atoms with van der Waals surface area (Å²) in [6, 6.07) is 14.5. The van der Waals surface area contributed by atoms with Crippen LogP contribution in [0.2, 0.25) is 0 Å². The second-order valence-electron chi connectivity index (χ2n) is 8.53. The Labute approximate surface area is 166 Å². The summed E-state index contributed by atoms with van der Waals surface area (Å²) < 4.78 is 6.15. The molecule has 1 saturated carbocycles. The van der Waals surface area contributed by atoms with Crippen LogP contribution in [0.15, 0.2) is 48.7 Å². The molecule has 2 aliphatic heterocycles. The van der Waals surface area contributed by atoms with Crippen molar-refractivity contribution in [1.82, 2.24) is 14.8 Å². The van der Waals surface area contributed by atoms with Crippen molar-refractivity contribution in [2.45, 2.75) is 44.0 Å². The maximum absolute atomic E-state index is 13.1. The first kappa shape index (κ1) is 17.8. The Morgan fingerprint density at radius 2 is 2.07 bits per heavy atom. The number of rotatable bonds is 5. The van der Waals surface area contributed by atoms with Gasteiger partial charge in [-0.05, 0) is 42.0 Å². The fourth-order valence-electron chi connectivity index (χ4n) is 4.78. The number of pyridine rings is 1. The summed E-state index contributed by atoms with van der Waals surface area (Å²) in [6.07, 6.45) is 4.78. The monoisotopic (exact) mass is 377 g/mol. The third-order valence-electron chi connectivity index (χ3n) is 6.48. The average Bonchev–Trinajstić information content (AvgIpc) is 3.34. The molecular weight excluding hydrogens is 350 g/mol. The van der Waals surface area contributed by atoms with E-state index in [0.717, 1.165) is 31.1 Å². The Balaban J connectivity index is 1.34. The van der Waals surface area contributed by atoms with E-state index in [2.05, 4.69) is 34.1 Å². The lowest BCUT2D eigenvalue weighted by Gasteiger charge is -2.35. The number of ether oxygens (including phenoxy) is 1. The fraction of sp³-hybridized carbons (Fsp3) is 0.478. The minimum atomic E-state index is -0.387. The van der Waals surface area contributed by atoms with Crippen molar-refractivity contribution < 1.29 is 9.53 Å². The number of nitrogens with zero attached hydrogens (tertiary/aromatic N) is 3. The van der Waals surface area contributed by atoms with Crippen molar-refractivity contribution in [1.29, 1.82) is 0 Å². The van der Waals surface area contributed by atoms with Crippen LogP contribution in [0, 0.1) is 5.92 Å². The number of carbonyl (C=O) groups is 1. The topological polar surface area (TPSA) is 45.7 Å². The first-order chi connectivity index (χ1) is 13.7. The summed E-state index contributed by atoms with van der Waals surface area (Å²) in [7, 11) is 1.84. The summed E-state index contributed by atoms with van der Waals surface area (Å²) in [4.78, 5) is 21.8. The van der Waals surface area contributed by atoms with Gasteiger partial charge in [-0.25, -0.2) is 0 Å². The van der Waals surface area contributed by atoms with Crippen LogP contribution in [-0.4, -0.2) is 47.0 Å². The zero-order valence-electron chi connectivity index (χ0n) is 16.4. The van der Waals surface area contributed by atoms with Gasteiger partial charge < -0.3 is 9.64 Å². The van der Waals surface area contributed by atoms with Crippen LogP contribution < -0.4 is 0 Å². The van der Waals surface area contributed by atoms with Crippen LogP contribution in [-0.2, 0) is 28.2 Å². The van der Waals surface area contributed by atoms with E-state index in [1.165, 1.54) is 24.0 Å². The largest absolute Gasteiger partial charge is 0.366 e. The molecule has 1 amide bonds. The minimum Gasteiger partial charge on any atom is -0.366 e. The van der Waals surface area contributed by atoms with Gasteiger partial charge in [0.1, 0.15) is 6.10 Å². The van der Waals surface area contributed by atoms with Crippen LogP contribution in [0.5, 0.6) is 0 Å². The van der Waals surface area contributed by atoms with E-state index in [0.29, 0.717) is 13.2 Å². The van der Waals surface area contributed by atoms with Gasteiger partial charge in [0, 0.05) is 32.8 Å². The molecule has 5 heteroatoms. The first-order valence-electron chi connectivity index (χ1n) is 10.3. The number of hydrogen-bond donors (Lipinski definition) is 0. The third kappa shape index (κ3) is 3.12. The Kier molecular flexibility index (Phi) is 4.44. The quantitative estimate of drug-likeness (QED) is 0.804. The van der Waals surface area contributed by atoms with Crippen molar-refractivity contribution >= 4 is 5.91 Å². The molecule has 0 bridgehead atoms. The summed E-state index contributed by atoms with van der Waals surface area (Å²) in [6.45, 7) is 3.20. The maximum atomic E-state index is 13.1. The molecule has 5 nitrogen and oxygen atoms in total. The van der Waals surface area contributed by atoms with Crippen molar-refractivity contribution in [3.05, 3.63) is 65.5 Å². The molecule has 146 valence electrons. The van der Waals surface area contributed by atoms with Gasteiger partial charge in [0.25, 0.3) is 5.91 Å². The van der Waals surface area contributed by atoms with Crippen molar-refractivity contribution in [3.8, 4) is 0 Å². The summed E-state index contributed by atoms with van der Waals surface area (Å²) in [5.41, 5.74) is 3.50. The average molecular weight is 377 g/mol. The number of hydrogen-bond acceptors (Lipinski definition) is 4. The number of benzene rings is 1. The van der Waals surface area contributed by atoms with Gasteiger partial charge in [0.2, 0.25) is 0 Å². The Morgan fingerprint density at radius 1 is 1.25 bits per heavy atom. The van der Waals surface area contributed by atoms with Crippen LogP contribution in [0.1, 0.15) is 36.1 Å². The van der Waals surface area contributed by atoms with E-state index >= 15 is 0 Å². The molecule has 0 radical (unpaired) electrons. The predicted octanol–water partition coefficient (Wildman–Crippen LogP) is 2.95. The third-order valence-corrected chi connectivity index (χ3v) is 6.48. The number of carbonyl (C=O) groups excluding carboxylic acids is 1. The van der Waals surface area contributed by atoms with E-state index < -0.39 is 0 Å². The molecule has 2 unspecified atom stereocenters. The number of likely N-dealkylation sites (N-methyl/N-ethyl adjacent to an activating group) is 1. The van der Waals surface area contributed by atoms with E-state index in [1.54, 1.807) is 11.1 Å². The fourth-order valence-corrected chi connectivity index (χ4v) is 4.78. The SMILES string of the molecule is CN(Cc1ccccn1)C(=O)C1CC2(CO1)c1ccccc1CN2CC1CC1. The Hall–Kier alpha value is -2.24. The molecule has 3 aliphatic rings. The molecule has 1 aromatic carbocycles. The first-order valence-corrected chi connectivity index (χ1v) is 10.3. The number of fused-ring (bicyclic) bond motifs is 2. The lowest BCUT2D eigenvalue weighted by atomic mass is 9.86. The molecule has 0 N–H and O–H groups in total. The van der Waals surface area contributed by atoms with Crippen molar-refractivity contribution in [2.75, 3.05) is 20.2 Å². The lowest BCUT2D eigenvalue weighted by molar-refractivity contribution is -0.140. The highest BCUT2D eigenvalue weighted by Crippen LogP contribution is 2.48. The van der Waals surface area contributed by atoms with Crippen molar-refractivity contribution in [2.24, 2.45) is 5.92 Å². The van der Waals surface area contributed by atoms with Crippen LogP contribution in [0.3, 0.4) is 0 Å². The van der Waals surface area contributed by atoms with Gasteiger partial charge in [-0.1, -0.05) is 30.3 Å². The lowest BCUT2D eigenvalue weighted by Crippen LogP contribution is -2.44. The van der Waals surface area contributed by atoms with Gasteiger partial charge in [-0.15, -0.1) is 0 Å².